The molecule has 0 fully saturated rings. The van der Waals surface area contributed by atoms with Crippen molar-refractivity contribution in [2.75, 3.05) is 14.1 Å². The van der Waals surface area contributed by atoms with Gasteiger partial charge in [-0.2, -0.15) is 0 Å². The summed E-state index contributed by atoms with van der Waals surface area (Å²) in [5.41, 5.74) is 0. The molecule has 1 rings (SSSR count). The Bertz CT molecular complexity index is 325. The molecule has 0 aliphatic carbocycles. The Balaban J connectivity index is 2.90. The summed E-state index contributed by atoms with van der Waals surface area (Å²) in [6.07, 6.45) is 3.30. The molecule has 0 atom stereocenters. The first-order chi connectivity index (χ1) is 6.09. The van der Waals surface area contributed by atoms with Gasteiger partial charge >= 0.3 is 0 Å². The van der Waals surface area contributed by atoms with Gasteiger partial charge in [-0.15, -0.1) is 0 Å². The summed E-state index contributed by atoms with van der Waals surface area (Å²) >= 11 is 7.90. The van der Waals surface area contributed by atoms with Gasteiger partial charge < -0.3 is 4.90 Å². The zero-order valence-corrected chi connectivity index (χ0v) is 10.2. The lowest BCUT2D eigenvalue weighted by atomic mass is 10.5. The average Bonchev–Trinajstić information content (AvgIpc) is 2.02. The molecule has 0 N–H and O–H groups in total. The molecular formula is C8H9ClIN3. The number of aliphatic imine (C=N–C) groups is 1. The van der Waals surface area contributed by atoms with Crippen molar-refractivity contribution < 1.29 is 0 Å². The first kappa shape index (κ1) is 10.7. The highest BCUT2D eigenvalue weighted by Crippen LogP contribution is 2.21. The maximum absolute atomic E-state index is 5.75. The van der Waals surface area contributed by atoms with Gasteiger partial charge in [0.1, 0.15) is 0 Å². The third-order valence-electron chi connectivity index (χ3n) is 1.20. The minimum atomic E-state index is 0.633. The fourth-order valence-electron chi connectivity index (χ4n) is 0.673. The van der Waals surface area contributed by atoms with Gasteiger partial charge in [-0.25, -0.2) is 9.98 Å². The summed E-state index contributed by atoms with van der Waals surface area (Å²) in [5.74, 6) is 0.693. The van der Waals surface area contributed by atoms with E-state index in [0.29, 0.717) is 10.8 Å². The molecule has 0 bridgehead atoms. The van der Waals surface area contributed by atoms with Crippen LogP contribution in [0.25, 0.3) is 0 Å². The Morgan fingerprint density at radius 3 is 2.85 bits per heavy atom. The number of halogens is 2. The first-order valence-corrected chi connectivity index (χ1v) is 5.07. The standard InChI is InChI=1S/C8H9ClIN3/c1-13(2)5-12-8-7(10)3-6(9)4-11-8/h3-5H,1-2H3. The van der Waals surface area contributed by atoms with Gasteiger partial charge in [-0.1, -0.05) is 11.6 Å². The molecule has 0 unspecified atom stereocenters. The number of hydrogen-bond acceptors (Lipinski definition) is 2. The van der Waals surface area contributed by atoms with Gasteiger partial charge in [0.05, 0.1) is 14.9 Å². The summed E-state index contributed by atoms with van der Waals surface area (Å²) in [6, 6.07) is 1.83. The van der Waals surface area contributed by atoms with Crippen molar-refractivity contribution in [2.45, 2.75) is 0 Å². The van der Waals surface area contributed by atoms with Crippen LogP contribution < -0.4 is 0 Å². The van der Waals surface area contributed by atoms with Crippen LogP contribution in [-0.4, -0.2) is 30.3 Å². The quantitative estimate of drug-likeness (QED) is 0.477. The molecule has 0 aliphatic rings. The van der Waals surface area contributed by atoms with E-state index in [1.807, 2.05) is 25.1 Å². The van der Waals surface area contributed by atoms with Gasteiger partial charge in [-0.05, 0) is 28.7 Å². The van der Waals surface area contributed by atoms with Crippen LogP contribution in [0.4, 0.5) is 5.82 Å². The Morgan fingerprint density at radius 1 is 1.62 bits per heavy atom. The molecule has 1 aromatic rings. The molecule has 5 heteroatoms. The summed E-state index contributed by atoms with van der Waals surface area (Å²) in [6.45, 7) is 0. The molecule has 0 aromatic carbocycles. The SMILES string of the molecule is CN(C)C=Nc1ncc(Cl)cc1I. The lowest BCUT2D eigenvalue weighted by molar-refractivity contribution is 0.643. The van der Waals surface area contributed by atoms with E-state index >= 15 is 0 Å². The van der Waals surface area contributed by atoms with Gasteiger partial charge in [0.15, 0.2) is 5.82 Å². The number of aromatic nitrogens is 1. The smallest absolute Gasteiger partial charge is 0.167 e. The third-order valence-corrected chi connectivity index (χ3v) is 2.20. The number of nitrogens with zero attached hydrogens (tertiary/aromatic N) is 3. The van der Waals surface area contributed by atoms with Crippen LogP contribution in [0, 0.1) is 3.57 Å². The van der Waals surface area contributed by atoms with E-state index in [1.54, 1.807) is 12.5 Å². The predicted molar refractivity (Wildman–Crippen MR) is 63.8 cm³/mol. The fraction of sp³-hybridized carbons (Fsp3) is 0.250. The van der Waals surface area contributed by atoms with Crippen molar-refractivity contribution in [1.82, 2.24) is 9.88 Å². The van der Waals surface area contributed by atoms with Crippen molar-refractivity contribution in [1.29, 1.82) is 0 Å². The molecule has 0 saturated carbocycles. The zero-order chi connectivity index (χ0) is 9.84. The van der Waals surface area contributed by atoms with Gasteiger partial charge in [0.25, 0.3) is 0 Å². The Labute approximate surface area is 96.0 Å². The van der Waals surface area contributed by atoms with Gasteiger partial charge in [0, 0.05) is 20.3 Å². The maximum atomic E-state index is 5.75. The minimum Gasteiger partial charge on any atom is -0.369 e. The molecule has 0 spiro atoms. The van der Waals surface area contributed by atoms with Crippen LogP contribution in [0.2, 0.25) is 5.02 Å². The largest absolute Gasteiger partial charge is 0.369 e. The topological polar surface area (TPSA) is 28.5 Å². The van der Waals surface area contributed by atoms with Crippen molar-refractivity contribution in [2.24, 2.45) is 4.99 Å². The third kappa shape index (κ3) is 3.48. The van der Waals surface area contributed by atoms with Crippen molar-refractivity contribution >= 4 is 46.3 Å². The summed E-state index contributed by atoms with van der Waals surface area (Å²) < 4.78 is 0.947. The Hall–Kier alpha value is -0.360. The summed E-state index contributed by atoms with van der Waals surface area (Å²) in [4.78, 5) is 10.1. The second kappa shape index (κ2) is 4.76. The van der Waals surface area contributed by atoms with Crippen molar-refractivity contribution in [3.05, 3.63) is 20.9 Å². The zero-order valence-electron chi connectivity index (χ0n) is 7.33. The van der Waals surface area contributed by atoms with E-state index in [0.717, 1.165) is 3.57 Å². The van der Waals surface area contributed by atoms with Gasteiger partial charge in [-0.3, -0.25) is 0 Å². The molecule has 0 radical (unpaired) electrons. The first-order valence-electron chi connectivity index (χ1n) is 3.61. The number of pyridine rings is 1. The van der Waals surface area contributed by atoms with Crippen molar-refractivity contribution in [3.8, 4) is 0 Å². The van der Waals surface area contributed by atoms with Crippen LogP contribution >= 0.6 is 34.2 Å². The van der Waals surface area contributed by atoms with E-state index in [4.69, 9.17) is 11.6 Å². The molecule has 0 amide bonds. The summed E-state index contributed by atoms with van der Waals surface area (Å²) in [7, 11) is 3.82. The molecule has 0 saturated heterocycles. The van der Waals surface area contributed by atoms with E-state index in [9.17, 15) is 0 Å². The lowest BCUT2D eigenvalue weighted by Crippen LogP contribution is -2.07. The molecular weight excluding hydrogens is 300 g/mol. The van der Waals surface area contributed by atoms with E-state index < -0.39 is 0 Å². The highest BCUT2D eigenvalue weighted by atomic mass is 127. The highest BCUT2D eigenvalue weighted by molar-refractivity contribution is 14.1. The molecule has 13 heavy (non-hydrogen) atoms. The van der Waals surface area contributed by atoms with Crippen LogP contribution in [0.1, 0.15) is 0 Å². The van der Waals surface area contributed by atoms with E-state index in [-0.39, 0.29) is 0 Å². The second-order valence-corrected chi connectivity index (χ2v) is 4.27. The van der Waals surface area contributed by atoms with E-state index in [2.05, 4.69) is 32.6 Å². The minimum absolute atomic E-state index is 0.633. The average molecular weight is 310 g/mol. The Kier molecular flexibility index (Phi) is 3.92. The fourth-order valence-corrected chi connectivity index (χ4v) is 1.63. The molecule has 1 aromatic heterocycles. The van der Waals surface area contributed by atoms with Crippen molar-refractivity contribution in [3.63, 3.8) is 0 Å². The van der Waals surface area contributed by atoms with E-state index in [1.165, 1.54) is 0 Å². The van der Waals surface area contributed by atoms with Crippen LogP contribution in [-0.2, 0) is 0 Å². The Morgan fingerprint density at radius 2 is 2.31 bits per heavy atom. The monoisotopic (exact) mass is 309 g/mol. The van der Waals surface area contributed by atoms with Crippen LogP contribution in [0.3, 0.4) is 0 Å². The normalized spacial score (nSPS) is 10.8. The highest BCUT2D eigenvalue weighted by Gasteiger charge is 1.98. The molecule has 70 valence electrons. The molecule has 3 nitrogen and oxygen atoms in total. The second-order valence-electron chi connectivity index (χ2n) is 2.67. The van der Waals surface area contributed by atoms with Gasteiger partial charge in [0.2, 0.25) is 0 Å². The maximum Gasteiger partial charge on any atom is 0.167 e. The molecule has 1 heterocycles. The summed E-state index contributed by atoms with van der Waals surface area (Å²) in [5, 5.41) is 0.633. The van der Waals surface area contributed by atoms with Crippen LogP contribution in [0.5, 0.6) is 0 Å². The number of rotatable bonds is 2. The predicted octanol–water partition coefficient (Wildman–Crippen LogP) is 2.56. The molecule has 0 aliphatic heterocycles. The lowest BCUT2D eigenvalue weighted by Gasteiger charge is -2.02. The number of hydrogen-bond donors (Lipinski definition) is 0. The van der Waals surface area contributed by atoms with Crippen LogP contribution in [0.15, 0.2) is 17.3 Å².